The van der Waals surface area contributed by atoms with Gasteiger partial charge in [-0.3, -0.25) is 4.79 Å². The molecule has 4 rings (SSSR count). The van der Waals surface area contributed by atoms with Crippen LogP contribution in [0.15, 0.2) is 34.8 Å². The second-order valence-electron chi connectivity index (χ2n) is 7.60. The number of likely N-dealkylation sites (tertiary alicyclic amines) is 1. The summed E-state index contributed by atoms with van der Waals surface area (Å²) in [5, 5.41) is 8.44. The maximum Gasteiger partial charge on any atom is 0.414 e. The second kappa shape index (κ2) is 8.62. The summed E-state index contributed by atoms with van der Waals surface area (Å²) < 4.78 is 33.6. The number of carbonyl (C=O) groups is 2. The molecule has 0 aliphatic carbocycles. The van der Waals surface area contributed by atoms with E-state index in [-0.39, 0.29) is 31.0 Å². The van der Waals surface area contributed by atoms with Crippen molar-refractivity contribution in [2.24, 2.45) is 5.16 Å². The second-order valence-corrected chi connectivity index (χ2v) is 8.64. The number of benzene rings is 1. The molecular weight excluding hydrogens is 428 g/mol. The Hall–Kier alpha value is -3.01. The number of aryl methyl sites for hydroxylation is 1. The lowest BCUT2D eigenvalue weighted by molar-refractivity contribution is -0.0569. The summed E-state index contributed by atoms with van der Waals surface area (Å²) in [5.41, 5.74) is -1.01. The number of amides is 2. The number of halogens is 2. The highest BCUT2D eigenvalue weighted by Gasteiger charge is 2.44. The third kappa shape index (κ3) is 4.53. The summed E-state index contributed by atoms with van der Waals surface area (Å²) in [6.45, 7) is 2.34. The van der Waals surface area contributed by atoms with Crippen LogP contribution in [-0.2, 0) is 16.1 Å². The molecule has 1 N–H and O–H groups in total. The Morgan fingerprint density at radius 3 is 2.77 bits per heavy atom. The minimum absolute atomic E-state index is 0.166. The molecule has 1 aromatic heterocycles. The van der Waals surface area contributed by atoms with E-state index in [1.807, 2.05) is 17.5 Å². The van der Waals surface area contributed by atoms with E-state index in [0.717, 1.165) is 10.9 Å². The maximum atomic E-state index is 14.3. The summed E-state index contributed by atoms with van der Waals surface area (Å²) in [7, 11) is 0. The average molecular weight is 449 g/mol. The lowest BCUT2D eigenvalue weighted by Gasteiger charge is -2.37. The number of alkyl carbamates (subject to hydrolysis) is 1. The third-order valence-electron chi connectivity index (χ3n) is 5.47. The van der Waals surface area contributed by atoms with E-state index < -0.39 is 34.8 Å². The number of nitrogens with zero attached hydrogens (tertiary/aromatic N) is 2. The highest BCUT2D eigenvalue weighted by Crippen LogP contribution is 2.35. The quantitative estimate of drug-likeness (QED) is 0.769. The van der Waals surface area contributed by atoms with Crippen molar-refractivity contribution in [2.45, 2.75) is 38.3 Å². The van der Waals surface area contributed by atoms with Crippen molar-refractivity contribution < 1.29 is 27.9 Å². The molecule has 31 heavy (non-hydrogen) atoms. The van der Waals surface area contributed by atoms with E-state index in [0.29, 0.717) is 19.4 Å². The van der Waals surface area contributed by atoms with E-state index >= 15 is 0 Å². The molecule has 2 aliphatic heterocycles. The van der Waals surface area contributed by atoms with Gasteiger partial charge in [0, 0.05) is 30.8 Å². The maximum absolute atomic E-state index is 14.3. The Labute approximate surface area is 181 Å². The average Bonchev–Trinajstić information content (AvgIpc) is 3.40. The Kier molecular flexibility index (Phi) is 5.90. The molecule has 0 radical (unpaired) electrons. The van der Waals surface area contributed by atoms with Crippen molar-refractivity contribution in [3.8, 4) is 0 Å². The summed E-state index contributed by atoms with van der Waals surface area (Å²) in [6, 6.07) is 6.19. The van der Waals surface area contributed by atoms with Crippen LogP contribution in [-0.4, -0.2) is 41.5 Å². The SMILES string of the molecule is Cc1ccc(F)c(C(=O)N2CCC3(CC2)CC(OC(=O)NCc2cccs2)=NO3)c1F. The molecule has 2 amide bonds. The molecule has 164 valence electrons. The fourth-order valence-electron chi connectivity index (χ4n) is 3.65. The van der Waals surface area contributed by atoms with Gasteiger partial charge in [0.25, 0.3) is 5.91 Å². The number of hydrogen-bond donors (Lipinski definition) is 1. The third-order valence-corrected chi connectivity index (χ3v) is 6.35. The van der Waals surface area contributed by atoms with Gasteiger partial charge in [-0.2, -0.15) is 0 Å². The van der Waals surface area contributed by atoms with Gasteiger partial charge in [-0.1, -0.05) is 17.3 Å². The molecule has 10 heteroatoms. The molecule has 1 saturated heterocycles. The zero-order chi connectivity index (χ0) is 22.0. The van der Waals surface area contributed by atoms with Crippen molar-refractivity contribution in [1.29, 1.82) is 0 Å². The van der Waals surface area contributed by atoms with Gasteiger partial charge in [0.05, 0.1) is 13.0 Å². The number of carbonyl (C=O) groups excluding carboxylic acids is 2. The molecule has 2 aromatic rings. The monoisotopic (exact) mass is 449 g/mol. The summed E-state index contributed by atoms with van der Waals surface area (Å²) in [6.07, 6.45) is 0.474. The van der Waals surface area contributed by atoms with Gasteiger partial charge in [0.2, 0.25) is 5.90 Å². The van der Waals surface area contributed by atoms with Crippen LogP contribution in [0.2, 0.25) is 0 Å². The van der Waals surface area contributed by atoms with Crippen LogP contribution in [0.4, 0.5) is 13.6 Å². The van der Waals surface area contributed by atoms with Crippen LogP contribution in [0.5, 0.6) is 0 Å². The van der Waals surface area contributed by atoms with Crippen LogP contribution >= 0.6 is 11.3 Å². The lowest BCUT2D eigenvalue weighted by atomic mass is 9.88. The van der Waals surface area contributed by atoms with E-state index in [2.05, 4.69) is 10.5 Å². The molecular formula is C21H21F2N3O4S. The van der Waals surface area contributed by atoms with Gasteiger partial charge in [0.1, 0.15) is 22.8 Å². The highest BCUT2D eigenvalue weighted by molar-refractivity contribution is 7.09. The molecule has 0 saturated carbocycles. The Morgan fingerprint density at radius 1 is 1.29 bits per heavy atom. The molecule has 3 heterocycles. The largest absolute Gasteiger partial charge is 0.414 e. The summed E-state index contributed by atoms with van der Waals surface area (Å²) >= 11 is 1.52. The molecule has 1 aromatic carbocycles. The van der Waals surface area contributed by atoms with E-state index in [1.165, 1.54) is 29.2 Å². The van der Waals surface area contributed by atoms with Crippen molar-refractivity contribution in [3.05, 3.63) is 57.3 Å². The zero-order valence-corrected chi connectivity index (χ0v) is 17.6. The predicted molar refractivity (Wildman–Crippen MR) is 110 cm³/mol. The van der Waals surface area contributed by atoms with Crippen LogP contribution in [0.3, 0.4) is 0 Å². The number of ether oxygens (including phenoxy) is 1. The first-order valence-electron chi connectivity index (χ1n) is 9.84. The Bertz CT molecular complexity index is 1020. The standard InChI is InChI=1S/C21H21F2N3O4S/c1-13-4-5-15(22)17(18(13)23)19(27)26-8-6-21(7-9-26)11-16(25-30-21)29-20(28)24-12-14-3-2-10-31-14/h2-5,10H,6-9,11-12H2,1H3,(H,24,28). The van der Waals surface area contributed by atoms with Crippen LogP contribution in [0.25, 0.3) is 0 Å². The highest BCUT2D eigenvalue weighted by atomic mass is 32.1. The first-order valence-corrected chi connectivity index (χ1v) is 10.7. The van der Waals surface area contributed by atoms with Crippen LogP contribution < -0.4 is 5.32 Å². The molecule has 1 spiro atoms. The van der Waals surface area contributed by atoms with Crippen LogP contribution in [0, 0.1) is 18.6 Å². The van der Waals surface area contributed by atoms with Crippen molar-refractivity contribution in [1.82, 2.24) is 10.2 Å². The first-order chi connectivity index (χ1) is 14.9. The fraction of sp³-hybridized carbons (Fsp3) is 0.381. The zero-order valence-electron chi connectivity index (χ0n) is 16.8. The van der Waals surface area contributed by atoms with Crippen molar-refractivity contribution in [3.63, 3.8) is 0 Å². The topological polar surface area (TPSA) is 80.2 Å². The molecule has 0 unspecified atom stereocenters. The normalized spacial score (nSPS) is 17.3. The molecule has 0 bridgehead atoms. The van der Waals surface area contributed by atoms with Gasteiger partial charge in [-0.25, -0.2) is 13.6 Å². The fourth-order valence-corrected chi connectivity index (χ4v) is 4.30. The number of rotatable bonds is 3. The van der Waals surface area contributed by atoms with Crippen molar-refractivity contribution in [2.75, 3.05) is 13.1 Å². The number of nitrogens with one attached hydrogen (secondary N) is 1. The Morgan fingerprint density at radius 2 is 2.06 bits per heavy atom. The smallest absolute Gasteiger partial charge is 0.392 e. The summed E-state index contributed by atoms with van der Waals surface area (Å²) in [4.78, 5) is 32.6. The molecule has 2 aliphatic rings. The molecule has 1 fully saturated rings. The number of piperidine rings is 1. The lowest BCUT2D eigenvalue weighted by Crippen LogP contribution is -2.47. The Balaban J connectivity index is 1.30. The number of thiophene rings is 1. The van der Waals surface area contributed by atoms with Gasteiger partial charge in [-0.05, 0) is 30.0 Å². The summed E-state index contributed by atoms with van der Waals surface area (Å²) in [5.74, 6) is -2.23. The molecule has 0 atom stereocenters. The van der Waals surface area contributed by atoms with Gasteiger partial charge < -0.3 is 19.8 Å². The molecule has 7 nitrogen and oxygen atoms in total. The van der Waals surface area contributed by atoms with Crippen molar-refractivity contribution >= 4 is 29.2 Å². The van der Waals surface area contributed by atoms with Gasteiger partial charge >= 0.3 is 6.09 Å². The van der Waals surface area contributed by atoms with E-state index in [4.69, 9.17) is 9.57 Å². The number of hydrogen-bond acceptors (Lipinski definition) is 6. The van der Waals surface area contributed by atoms with Gasteiger partial charge in [-0.15, -0.1) is 11.3 Å². The minimum Gasteiger partial charge on any atom is -0.392 e. The first kappa shape index (κ1) is 21.2. The van der Waals surface area contributed by atoms with E-state index in [1.54, 1.807) is 0 Å². The van der Waals surface area contributed by atoms with Gasteiger partial charge in [0.15, 0.2) is 0 Å². The number of oxime groups is 1. The van der Waals surface area contributed by atoms with Crippen LogP contribution in [0.1, 0.15) is 40.1 Å². The van der Waals surface area contributed by atoms with E-state index in [9.17, 15) is 18.4 Å². The minimum atomic E-state index is -0.877. The predicted octanol–water partition coefficient (Wildman–Crippen LogP) is 3.97.